The average molecular weight is 231 g/mol. The molecule has 0 amide bonds. The number of ether oxygens (including phenoxy) is 1. The van der Waals surface area contributed by atoms with Crippen molar-refractivity contribution in [3.8, 4) is 5.75 Å². The lowest BCUT2D eigenvalue weighted by molar-refractivity contribution is 0.184. The summed E-state index contributed by atoms with van der Waals surface area (Å²) < 4.78 is 5.33. The fourth-order valence-electron chi connectivity index (χ4n) is 2.03. The van der Waals surface area contributed by atoms with Crippen LogP contribution in [-0.2, 0) is 6.42 Å². The van der Waals surface area contributed by atoms with E-state index in [-0.39, 0.29) is 6.54 Å². The van der Waals surface area contributed by atoms with Gasteiger partial charge in [0.2, 0.25) is 0 Å². The van der Waals surface area contributed by atoms with Gasteiger partial charge in [-0.3, -0.25) is 0 Å². The number of nitrogens with two attached hydrogens (primary N) is 1. The van der Waals surface area contributed by atoms with Gasteiger partial charge in [0.1, 0.15) is 5.75 Å². The third kappa shape index (κ3) is 2.40. The maximum atomic E-state index is 9.64. The number of aliphatic hydroxyl groups is 1. The van der Waals surface area contributed by atoms with E-state index in [9.17, 15) is 5.11 Å². The van der Waals surface area contributed by atoms with Crippen molar-refractivity contribution >= 4 is 10.8 Å². The van der Waals surface area contributed by atoms with E-state index in [1.165, 1.54) is 0 Å². The van der Waals surface area contributed by atoms with Crippen LogP contribution >= 0.6 is 0 Å². The second-order valence-electron chi connectivity index (χ2n) is 4.07. The van der Waals surface area contributed by atoms with Crippen LogP contribution in [0.1, 0.15) is 5.56 Å². The molecule has 0 bridgehead atoms. The molecule has 90 valence electrons. The van der Waals surface area contributed by atoms with E-state index < -0.39 is 6.10 Å². The first-order valence-electron chi connectivity index (χ1n) is 5.69. The molecule has 17 heavy (non-hydrogen) atoms. The van der Waals surface area contributed by atoms with Crippen molar-refractivity contribution in [2.45, 2.75) is 12.5 Å². The highest BCUT2D eigenvalue weighted by Crippen LogP contribution is 2.28. The van der Waals surface area contributed by atoms with E-state index in [0.717, 1.165) is 22.1 Å². The van der Waals surface area contributed by atoms with E-state index in [1.807, 2.05) is 36.4 Å². The third-order valence-corrected chi connectivity index (χ3v) is 2.92. The first kappa shape index (κ1) is 11.9. The second-order valence-corrected chi connectivity index (χ2v) is 4.07. The molecule has 0 aliphatic rings. The number of hydrogen-bond donors (Lipinski definition) is 2. The minimum atomic E-state index is -0.494. The smallest absolute Gasteiger partial charge is 0.126 e. The van der Waals surface area contributed by atoms with Crippen LogP contribution in [0.2, 0.25) is 0 Å². The largest absolute Gasteiger partial charge is 0.496 e. The lowest BCUT2D eigenvalue weighted by Gasteiger charge is -2.12. The summed E-state index contributed by atoms with van der Waals surface area (Å²) in [5.74, 6) is 0.853. The van der Waals surface area contributed by atoms with E-state index in [1.54, 1.807) is 7.11 Å². The highest BCUT2D eigenvalue weighted by atomic mass is 16.5. The molecule has 3 heteroatoms. The normalized spacial score (nSPS) is 12.6. The van der Waals surface area contributed by atoms with Crippen LogP contribution in [0.25, 0.3) is 10.8 Å². The Bertz CT molecular complexity index is 511. The van der Waals surface area contributed by atoms with Crippen molar-refractivity contribution in [2.75, 3.05) is 13.7 Å². The van der Waals surface area contributed by atoms with Gasteiger partial charge < -0.3 is 15.6 Å². The molecule has 0 fully saturated rings. The maximum absolute atomic E-state index is 9.64. The second kappa shape index (κ2) is 5.17. The molecule has 0 saturated heterocycles. The number of methoxy groups -OCH3 is 1. The quantitative estimate of drug-likeness (QED) is 0.842. The Kier molecular flexibility index (Phi) is 3.61. The minimum Gasteiger partial charge on any atom is -0.496 e. The number of aliphatic hydroxyl groups excluding tert-OH is 1. The summed E-state index contributed by atoms with van der Waals surface area (Å²) in [6.45, 7) is 0.278. The van der Waals surface area contributed by atoms with Gasteiger partial charge in [0.15, 0.2) is 0 Å². The summed E-state index contributed by atoms with van der Waals surface area (Å²) in [5.41, 5.74) is 6.54. The van der Waals surface area contributed by atoms with Gasteiger partial charge in [-0.2, -0.15) is 0 Å². The van der Waals surface area contributed by atoms with Gasteiger partial charge in [0.25, 0.3) is 0 Å². The summed E-state index contributed by atoms with van der Waals surface area (Å²) >= 11 is 0. The molecule has 2 aromatic carbocycles. The van der Waals surface area contributed by atoms with Gasteiger partial charge in [-0.05, 0) is 17.0 Å². The van der Waals surface area contributed by atoms with E-state index >= 15 is 0 Å². The summed E-state index contributed by atoms with van der Waals surface area (Å²) in [5, 5.41) is 11.8. The fraction of sp³-hybridized carbons (Fsp3) is 0.286. The molecule has 1 unspecified atom stereocenters. The molecule has 0 aromatic heterocycles. The molecule has 0 saturated carbocycles. The van der Waals surface area contributed by atoms with Crippen molar-refractivity contribution in [3.05, 3.63) is 42.0 Å². The topological polar surface area (TPSA) is 55.5 Å². The van der Waals surface area contributed by atoms with Crippen LogP contribution in [-0.4, -0.2) is 24.9 Å². The van der Waals surface area contributed by atoms with Gasteiger partial charge in [-0.1, -0.05) is 30.3 Å². The van der Waals surface area contributed by atoms with Crippen molar-refractivity contribution < 1.29 is 9.84 Å². The van der Waals surface area contributed by atoms with Gasteiger partial charge in [-0.25, -0.2) is 0 Å². The monoisotopic (exact) mass is 231 g/mol. The highest BCUT2D eigenvalue weighted by Gasteiger charge is 2.09. The summed E-state index contributed by atoms with van der Waals surface area (Å²) in [7, 11) is 1.66. The molecule has 0 heterocycles. The van der Waals surface area contributed by atoms with Crippen molar-refractivity contribution in [1.82, 2.24) is 0 Å². The molecule has 3 N–H and O–H groups in total. The first-order chi connectivity index (χ1) is 8.26. The molecular weight excluding hydrogens is 214 g/mol. The fourth-order valence-corrected chi connectivity index (χ4v) is 2.03. The van der Waals surface area contributed by atoms with Crippen LogP contribution in [0.5, 0.6) is 5.75 Å². The number of benzene rings is 2. The highest BCUT2D eigenvalue weighted by molar-refractivity contribution is 5.91. The lowest BCUT2D eigenvalue weighted by atomic mass is 9.99. The Balaban J connectivity index is 2.51. The van der Waals surface area contributed by atoms with Crippen molar-refractivity contribution in [1.29, 1.82) is 0 Å². The standard InChI is InChI=1S/C14H17NO2/c1-17-14-7-6-10(8-11(16)9-15)12-4-2-3-5-13(12)14/h2-7,11,16H,8-9,15H2,1H3. The van der Waals surface area contributed by atoms with Crippen molar-refractivity contribution in [3.63, 3.8) is 0 Å². The van der Waals surface area contributed by atoms with Gasteiger partial charge in [0.05, 0.1) is 13.2 Å². The molecule has 0 spiro atoms. The van der Waals surface area contributed by atoms with Crippen LogP contribution in [0.15, 0.2) is 36.4 Å². The zero-order chi connectivity index (χ0) is 12.3. The summed E-state index contributed by atoms with van der Waals surface area (Å²) in [6.07, 6.45) is 0.0767. The van der Waals surface area contributed by atoms with Crippen molar-refractivity contribution in [2.24, 2.45) is 5.73 Å². The molecule has 2 aromatic rings. The Labute approximate surface area is 101 Å². The summed E-state index contributed by atoms with van der Waals surface area (Å²) in [4.78, 5) is 0. The van der Waals surface area contributed by atoms with Crippen LogP contribution in [0, 0.1) is 0 Å². The molecule has 0 aliphatic carbocycles. The van der Waals surface area contributed by atoms with Gasteiger partial charge >= 0.3 is 0 Å². The van der Waals surface area contributed by atoms with Crippen LogP contribution in [0.4, 0.5) is 0 Å². The Morgan fingerprint density at radius 1 is 1.18 bits per heavy atom. The van der Waals surface area contributed by atoms with E-state index in [2.05, 4.69) is 0 Å². The Morgan fingerprint density at radius 3 is 2.53 bits per heavy atom. The van der Waals surface area contributed by atoms with E-state index in [0.29, 0.717) is 6.42 Å². The van der Waals surface area contributed by atoms with Gasteiger partial charge in [0, 0.05) is 18.4 Å². The van der Waals surface area contributed by atoms with Gasteiger partial charge in [-0.15, -0.1) is 0 Å². The predicted octanol–water partition coefficient (Wildman–Crippen LogP) is 1.71. The summed E-state index contributed by atoms with van der Waals surface area (Å²) in [6, 6.07) is 11.9. The van der Waals surface area contributed by atoms with E-state index in [4.69, 9.17) is 10.5 Å². The molecule has 0 aliphatic heterocycles. The number of fused-ring (bicyclic) bond motifs is 1. The average Bonchev–Trinajstić information content (AvgIpc) is 2.39. The zero-order valence-corrected chi connectivity index (χ0v) is 9.89. The predicted molar refractivity (Wildman–Crippen MR) is 69.3 cm³/mol. The molecule has 3 nitrogen and oxygen atoms in total. The van der Waals surface area contributed by atoms with Crippen LogP contribution < -0.4 is 10.5 Å². The number of rotatable bonds is 4. The first-order valence-corrected chi connectivity index (χ1v) is 5.69. The molecule has 2 rings (SSSR count). The Morgan fingerprint density at radius 2 is 1.88 bits per heavy atom. The van der Waals surface area contributed by atoms with Crippen LogP contribution in [0.3, 0.4) is 0 Å². The molecule has 1 atom stereocenters. The zero-order valence-electron chi connectivity index (χ0n) is 9.89. The maximum Gasteiger partial charge on any atom is 0.126 e. The minimum absolute atomic E-state index is 0.278. The third-order valence-electron chi connectivity index (χ3n) is 2.92. The SMILES string of the molecule is COc1ccc(CC(O)CN)c2ccccc12. The lowest BCUT2D eigenvalue weighted by Crippen LogP contribution is -2.22. The number of hydrogen-bond acceptors (Lipinski definition) is 3. The molecule has 0 radical (unpaired) electrons. The Hall–Kier alpha value is -1.58. The molecular formula is C14H17NO2.